The third-order valence-corrected chi connectivity index (χ3v) is 5.77. The highest BCUT2D eigenvalue weighted by Gasteiger charge is 2.32. The molecule has 1 N–H and O–H groups in total. The van der Waals surface area contributed by atoms with E-state index < -0.39 is 0 Å². The zero-order valence-corrected chi connectivity index (χ0v) is 14.2. The molecule has 1 saturated carbocycles. The topological polar surface area (TPSA) is 67.2 Å². The molecule has 4 rings (SSSR count). The number of imidazole rings is 1. The lowest BCUT2D eigenvalue weighted by Crippen LogP contribution is -2.38. The molecule has 1 atom stereocenters. The van der Waals surface area contributed by atoms with Gasteiger partial charge in [-0.05, 0) is 38.5 Å². The van der Waals surface area contributed by atoms with Gasteiger partial charge in [0, 0.05) is 25.7 Å². The molecule has 6 heteroatoms. The Hall–Kier alpha value is -1.85. The van der Waals surface area contributed by atoms with Gasteiger partial charge in [0.15, 0.2) is 0 Å². The van der Waals surface area contributed by atoms with Crippen LogP contribution in [0.15, 0.2) is 6.33 Å². The fourth-order valence-corrected chi connectivity index (χ4v) is 4.38. The standard InChI is InChI=1S/C18H26N4O2/c23-17(20-14-5-1-2-6-14)16-15-8-7-13(11-22(15)12-19-16)18(24)21-9-3-4-10-21/h12-14H,1-11H2,(H,20,23). The highest BCUT2D eigenvalue weighted by atomic mass is 16.2. The van der Waals surface area contributed by atoms with Crippen LogP contribution < -0.4 is 5.32 Å². The molecule has 3 heterocycles. The van der Waals surface area contributed by atoms with E-state index >= 15 is 0 Å². The maximum Gasteiger partial charge on any atom is 0.271 e. The second-order valence-electron chi connectivity index (χ2n) is 7.42. The van der Waals surface area contributed by atoms with Crippen LogP contribution in [0.25, 0.3) is 0 Å². The van der Waals surface area contributed by atoms with E-state index in [4.69, 9.17) is 0 Å². The lowest BCUT2D eigenvalue weighted by Gasteiger charge is -2.27. The Morgan fingerprint density at radius 2 is 1.83 bits per heavy atom. The van der Waals surface area contributed by atoms with E-state index in [0.717, 1.165) is 57.3 Å². The molecule has 0 bridgehead atoms. The summed E-state index contributed by atoms with van der Waals surface area (Å²) in [5, 5.41) is 3.12. The number of nitrogens with one attached hydrogen (secondary N) is 1. The Kier molecular flexibility index (Phi) is 4.29. The third kappa shape index (κ3) is 2.94. The van der Waals surface area contributed by atoms with Crippen molar-refractivity contribution in [1.29, 1.82) is 0 Å². The van der Waals surface area contributed by atoms with Crippen LogP contribution in [0.2, 0.25) is 0 Å². The Balaban J connectivity index is 1.43. The number of nitrogens with zero attached hydrogens (tertiary/aromatic N) is 3. The summed E-state index contributed by atoms with van der Waals surface area (Å²) in [5.74, 6) is 0.277. The highest BCUT2D eigenvalue weighted by molar-refractivity contribution is 5.93. The molecule has 1 saturated heterocycles. The summed E-state index contributed by atoms with van der Waals surface area (Å²) in [7, 11) is 0. The summed E-state index contributed by atoms with van der Waals surface area (Å²) in [6, 6.07) is 0.308. The minimum absolute atomic E-state index is 0.0375. The highest BCUT2D eigenvalue weighted by Crippen LogP contribution is 2.26. The van der Waals surface area contributed by atoms with Gasteiger partial charge in [-0.1, -0.05) is 12.8 Å². The molecule has 130 valence electrons. The molecule has 3 aliphatic rings. The normalized spacial score (nSPS) is 24.2. The second kappa shape index (κ2) is 6.57. The molecule has 24 heavy (non-hydrogen) atoms. The lowest BCUT2D eigenvalue weighted by atomic mass is 9.95. The van der Waals surface area contributed by atoms with Crippen molar-refractivity contribution in [2.24, 2.45) is 5.92 Å². The Labute approximate surface area is 142 Å². The number of carbonyl (C=O) groups excluding carboxylic acids is 2. The predicted octanol–water partition coefficient (Wildman–Crippen LogP) is 1.74. The van der Waals surface area contributed by atoms with Crippen molar-refractivity contribution in [3.8, 4) is 0 Å². The van der Waals surface area contributed by atoms with Gasteiger partial charge in [0.2, 0.25) is 5.91 Å². The molecule has 0 radical (unpaired) electrons. The van der Waals surface area contributed by atoms with E-state index in [0.29, 0.717) is 18.3 Å². The van der Waals surface area contributed by atoms with Gasteiger partial charge in [-0.25, -0.2) is 4.98 Å². The van der Waals surface area contributed by atoms with Crippen molar-refractivity contribution in [3.63, 3.8) is 0 Å². The molecule has 6 nitrogen and oxygen atoms in total. The Bertz CT molecular complexity index is 627. The fourth-order valence-electron chi connectivity index (χ4n) is 4.38. The van der Waals surface area contributed by atoms with Crippen molar-refractivity contribution in [2.75, 3.05) is 13.1 Å². The van der Waals surface area contributed by atoms with Gasteiger partial charge >= 0.3 is 0 Å². The van der Waals surface area contributed by atoms with Crippen LogP contribution in [0.3, 0.4) is 0 Å². The van der Waals surface area contributed by atoms with Crippen molar-refractivity contribution < 1.29 is 9.59 Å². The van der Waals surface area contributed by atoms with Gasteiger partial charge < -0.3 is 14.8 Å². The molecule has 2 fully saturated rings. The first kappa shape index (κ1) is 15.7. The largest absolute Gasteiger partial charge is 0.348 e. The van der Waals surface area contributed by atoms with E-state index in [2.05, 4.69) is 10.3 Å². The summed E-state index contributed by atoms with van der Waals surface area (Å²) < 4.78 is 2.02. The van der Waals surface area contributed by atoms with Crippen molar-refractivity contribution in [2.45, 2.75) is 64.0 Å². The smallest absolute Gasteiger partial charge is 0.271 e. The van der Waals surface area contributed by atoms with Crippen LogP contribution in [0.5, 0.6) is 0 Å². The van der Waals surface area contributed by atoms with E-state index in [1.165, 1.54) is 12.8 Å². The summed E-state index contributed by atoms with van der Waals surface area (Å²) >= 11 is 0. The average molecular weight is 330 g/mol. The minimum Gasteiger partial charge on any atom is -0.348 e. The molecule has 0 spiro atoms. The first-order valence-electron chi connectivity index (χ1n) is 9.36. The number of fused-ring (bicyclic) bond motifs is 1. The van der Waals surface area contributed by atoms with Crippen LogP contribution in [-0.4, -0.2) is 45.4 Å². The van der Waals surface area contributed by atoms with Crippen LogP contribution in [0.4, 0.5) is 0 Å². The van der Waals surface area contributed by atoms with E-state index in [1.54, 1.807) is 6.33 Å². The van der Waals surface area contributed by atoms with Crippen LogP contribution in [0.1, 0.15) is 61.1 Å². The molecular formula is C18H26N4O2. The number of carbonyl (C=O) groups is 2. The van der Waals surface area contributed by atoms with E-state index in [9.17, 15) is 9.59 Å². The summed E-state index contributed by atoms with van der Waals surface area (Å²) in [6.07, 6.45) is 10.1. The second-order valence-corrected chi connectivity index (χ2v) is 7.42. The van der Waals surface area contributed by atoms with Gasteiger partial charge in [-0.3, -0.25) is 9.59 Å². The zero-order chi connectivity index (χ0) is 16.5. The molecular weight excluding hydrogens is 304 g/mol. The lowest BCUT2D eigenvalue weighted by molar-refractivity contribution is -0.135. The quantitative estimate of drug-likeness (QED) is 0.918. The first-order valence-corrected chi connectivity index (χ1v) is 9.36. The van der Waals surface area contributed by atoms with Gasteiger partial charge in [-0.2, -0.15) is 0 Å². The summed E-state index contributed by atoms with van der Waals surface area (Å²) in [4.78, 5) is 31.4. The number of hydrogen-bond donors (Lipinski definition) is 1. The molecule has 1 aromatic heterocycles. The van der Waals surface area contributed by atoms with Crippen LogP contribution in [-0.2, 0) is 17.8 Å². The van der Waals surface area contributed by atoms with Gasteiger partial charge in [-0.15, -0.1) is 0 Å². The minimum atomic E-state index is -0.0417. The van der Waals surface area contributed by atoms with E-state index in [-0.39, 0.29) is 17.7 Å². The Morgan fingerprint density at radius 1 is 1.08 bits per heavy atom. The molecule has 2 amide bonds. The maximum absolute atomic E-state index is 12.6. The fraction of sp³-hybridized carbons (Fsp3) is 0.722. The van der Waals surface area contributed by atoms with Gasteiger partial charge in [0.25, 0.3) is 5.91 Å². The zero-order valence-electron chi connectivity index (χ0n) is 14.2. The molecule has 2 aliphatic heterocycles. The van der Waals surface area contributed by atoms with Crippen molar-refractivity contribution in [1.82, 2.24) is 19.8 Å². The predicted molar refractivity (Wildman–Crippen MR) is 89.6 cm³/mol. The average Bonchev–Trinajstić information content (AvgIpc) is 3.34. The number of likely N-dealkylation sites (tertiary alicyclic amines) is 1. The van der Waals surface area contributed by atoms with Crippen molar-refractivity contribution >= 4 is 11.8 Å². The summed E-state index contributed by atoms with van der Waals surface area (Å²) in [6.45, 7) is 2.47. The number of amides is 2. The summed E-state index contributed by atoms with van der Waals surface area (Å²) in [5.41, 5.74) is 1.56. The number of rotatable bonds is 3. The van der Waals surface area contributed by atoms with Gasteiger partial charge in [0.1, 0.15) is 5.69 Å². The maximum atomic E-state index is 12.6. The van der Waals surface area contributed by atoms with Gasteiger partial charge in [0.05, 0.1) is 17.9 Å². The third-order valence-electron chi connectivity index (χ3n) is 5.77. The van der Waals surface area contributed by atoms with Crippen LogP contribution in [0, 0.1) is 5.92 Å². The Morgan fingerprint density at radius 3 is 2.58 bits per heavy atom. The van der Waals surface area contributed by atoms with Crippen LogP contribution >= 0.6 is 0 Å². The molecule has 1 aromatic rings. The monoisotopic (exact) mass is 330 g/mol. The SMILES string of the molecule is O=C(NC1CCCC1)c1ncn2c1CCC(C(=O)N1CCCC1)C2. The molecule has 0 aromatic carbocycles. The number of aromatic nitrogens is 2. The first-order chi connectivity index (χ1) is 11.7. The molecule has 1 aliphatic carbocycles. The van der Waals surface area contributed by atoms with Crippen molar-refractivity contribution in [3.05, 3.63) is 17.7 Å². The number of hydrogen-bond acceptors (Lipinski definition) is 3. The molecule has 1 unspecified atom stereocenters. The van der Waals surface area contributed by atoms with E-state index in [1.807, 2.05) is 9.47 Å².